The van der Waals surface area contributed by atoms with Gasteiger partial charge in [0.05, 0.1) is 0 Å². The summed E-state index contributed by atoms with van der Waals surface area (Å²) in [5, 5.41) is 0. The minimum absolute atomic E-state index is 0.397. The molecule has 0 spiro atoms. The zero-order chi connectivity index (χ0) is 3.70. The molecular formula is C3H6SiZr+2. The van der Waals surface area contributed by atoms with Gasteiger partial charge < -0.3 is 0 Å². The van der Waals surface area contributed by atoms with Crippen molar-refractivity contribution in [1.29, 1.82) is 0 Å². The Bertz CT molecular complexity index is 53.9. The van der Waals surface area contributed by atoms with Crippen LogP contribution in [-0.4, -0.2) is 5.43 Å². The van der Waals surface area contributed by atoms with Gasteiger partial charge in [0.2, 0.25) is 0 Å². The second-order valence-corrected chi connectivity index (χ2v) is 8.88. The van der Waals surface area contributed by atoms with Crippen LogP contribution in [0.5, 0.6) is 0 Å². The minimum atomic E-state index is 0.397. The van der Waals surface area contributed by atoms with Crippen LogP contribution in [0, 0.1) is 0 Å². The quantitative estimate of drug-likeness (QED) is 0.464. The Morgan fingerprint density at radius 2 is 1.80 bits per heavy atom. The summed E-state index contributed by atoms with van der Waals surface area (Å²) in [6.45, 7) is 0. The molecule has 0 unspecified atom stereocenters. The monoisotopic (exact) mass is 160 g/mol. The van der Waals surface area contributed by atoms with Crippen molar-refractivity contribution in [3.63, 3.8) is 0 Å². The third-order valence-corrected chi connectivity index (χ3v) is 6.56. The first-order chi connectivity index (χ1) is 2.39. The van der Waals surface area contributed by atoms with Gasteiger partial charge in [-0.2, -0.15) is 0 Å². The summed E-state index contributed by atoms with van der Waals surface area (Å²) in [7, 11) is 0. The van der Waals surface area contributed by atoms with E-state index in [1.807, 2.05) is 23.3 Å². The number of hydrogen-bond donors (Lipinski definition) is 0. The van der Waals surface area contributed by atoms with Crippen LogP contribution in [0.15, 0.2) is 0 Å². The van der Waals surface area contributed by atoms with E-state index >= 15 is 0 Å². The molecule has 1 rings (SSSR count). The van der Waals surface area contributed by atoms with Gasteiger partial charge in [0.1, 0.15) is 0 Å². The van der Waals surface area contributed by atoms with Crippen LogP contribution in [-0.2, 0) is 23.3 Å². The van der Waals surface area contributed by atoms with E-state index in [1.54, 1.807) is 18.5 Å². The van der Waals surface area contributed by atoms with E-state index in [1.165, 1.54) is 0 Å². The Hall–Kier alpha value is 1.10. The summed E-state index contributed by atoms with van der Waals surface area (Å²) in [4.78, 5) is 0. The molecule has 24 valence electrons. The van der Waals surface area contributed by atoms with Crippen molar-refractivity contribution in [2.45, 2.75) is 18.5 Å². The summed E-state index contributed by atoms with van der Waals surface area (Å²) >= 11 is 1.86. The van der Waals surface area contributed by atoms with Crippen molar-refractivity contribution in [3.8, 4) is 0 Å². The Balaban J connectivity index is 2.32. The van der Waals surface area contributed by atoms with E-state index in [-0.39, 0.29) is 0 Å². The van der Waals surface area contributed by atoms with Crippen molar-refractivity contribution in [3.05, 3.63) is 0 Å². The molecule has 0 atom stereocenters. The zero-order valence-corrected chi connectivity index (χ0v) is 6.58. The van der Waals surface area contributed by atoms with Gasteiger partial charge in [-0.25, -0.2) is 0 Å². The molecule has 0 amide bonds. The number of rotatable bonds is 0. The van der Waals surface area contributed by atoms with E-state index < -0.39 is 0 Å². The third-order valence-electron chi connectivity index (χ3n) is 0.957. The molecule has 0 nitrogen and oxygen atoms in total. The molecule has 1 saturated heterocycles. The topological polar surface area (TPSA) is 0 Å². The SMILES string of the molecule is [Zr+2]=[Si]1CCC1. The summed E-state index contributed by atoms with van der Waals surface area (Å²) in [6.07, 6.45) is 1.56. The van der Waals surface area contributed by atoms with Gasteiger partial charge in [-0.15, -0.1) is 0 Å². The molecule has 1 heterocycles. The maximum absolute atomic E-state index is 1.86. The Morgan fingerprint density at radius 1 is 1.40 bits per heavy atom. The van der Waals surface area contributed by atoms with E-state index in [4.69, 9.17) is 0 Å². The summed E-state index contributed by atoms with van der Waals surface area (Å²) in [6, 6.07) is 3.26. The standard InChI is InChI=1S/C3H6Si.Zr/c1-2-4-3-1;/h1-3H2;/q;+2. The first-order valence-corrected chi connectivity index (χ1v) is 7.56. The molecule has 0 aliphatic carbocycles. The molecule has 1 aliphatic heterocycles. The molecule has 0 aromatic rings. The molecule has 0 aromatic carbocycles. The number of hydrogen-bond acceptors (Lipinski definition) is 0. The van der Waals surface area contributed by atoms with Crippen LogP contribution in [0.3, 0.4) is 0 Å². The molecule has 1 fully saturated rings. The normalized spacial score (nSPS) is 22.4. The maximum atomic E-state index is 1.86. The van der Waals surface area contributed by atoms with Crippen LogP contribution < -0.4 is 0 Å². The molecule has 2 heteroatoms. The summed E-state index contributed by atoms with van der Waals surface area (Å²) in [5.41, 5.74) is 0.397. The molecule has 0 aromatic heterocycles. The van der Waals surface area contributed by atoms with Gasteiger partial charge in [0.25, 0.3) is 0 Å². The van der Waals surface area contributed by atoms with Gasteiger partial charge in [0.15, 0.2) is 0 Å². The van der Waals surface area contributed by atoms with Crippen molar-refractivity contribution >= 4 is 5.43 Å². The Kier molecular flexibility index (Phi) is 1.45. The van der Waals surface area contributed by atoms with Crippen LogP contribution in [0.25, 0.3) is 0 Å². The predicted octanol–water partition coefficient (Wildman–Crippen LogP) is 0.928. The molecule has 0 bridgehead atoms. The van der Waals surface area contributed by atoms with Crippen molar-refractivity contribution in [1.82, 2.24) is 0 Å². The van der Waals surface area contributed by atoms with E-state index in [0.717, 1.165) is 0 Å². The van der Waals surface area contributed by atoms with Gasteiger partial charge in [0, 0.05) is 0 Å². The molecule has 5 heavy (non-hydrogen) atoms. The fourth-order valence-electron chi connectivity index (χ4n) is 0.354. The van der Waals surface area contributed by atoms with E-state index in [9.17, 15) is 0 Å². The van der Waals surface area contributed by atoms with Gasteiger partial charge in [-0.05, 0) is 0 Å². The molecule has 0 N–H and O–H groups in total. The molecule has 1 aliphatic rings. The average molecular weight is 161 g/mol. The van der Waals surface area contributed by atoms with Crippen LogP contribution in [0.1, 0.15) is 6.42 Å². The Morgan fingerprint density at radius 3 is 1.80 bits per heavy atom. The molecular weight excluding hydrogens is 155 g/mol. The van der Waals surface area contributed by atoms with Crippen LogP contribution >= 0.6 is 0 Å². The van der Waals surface area contributed by atoms with Crippen molar-refractivity contribution < 1.29 is 23.3 Å². The first-order valence-electron chi connectivity index (χ1n) is 1.96. The van der Waals surface area contributed by atoms with Crippen LogP contribution in [0.4, 0.5) is 0 Å². The summed E-state index contributed by atoms with van der Waals surface area (Å²) < 4.78 is 0. The zero-order valence-electron chi connectivity index (χ0n) is 3.12. The van der Waals surface area contributed by atoms with E-state index in [0.29, 0.717) is 5.43 Å². The predicted molar refractivity (Wildman–Crippen MR) is 20.0 cm³/mol. The second-order valence-electron chi connectivity index (χ2n) is 1.46. The van der Waals surface area contributed by atoms with Crippen LogP contribution in [0.2, 0.25) is 12.1 Å². The fourth-order valence-corrected chi connectivity index (χ4v) is 3.67. The first kappa shape index (κ1) is 4.26. The van der Waals surface area contributed by atoms with Gasteiger partial charge >= 0.3 is 47.3 Å². The van der Waals surface area contributed by atoms with Crippen molar-refractivity contribution in [2.24, 2.45) is 0 Å². The summed E-state index contributed by atoms with van der Waals surface area (Å²) in [5.74, 6) is 0. The van der Waals surface area contributed by atoms with Crippen molar-refractivity contribution in [2.75, 3.05) is 0 Å². The Labute approximate surface area is 47.3 Å². The molecule has 0 radical (unpaired) electrons. The average Bonchev–Trinajstić information content (AvgIpc) is 1.30. The van der Waals surface area contributed by atoms with Gasteiger partial charge in [-0.3, -0.25) is 0 Å². The fraction of sp³-hybridized carbons (Fsp3) is 1.00. The van der Waals surface area contributed by atoms with Gasteiger partial charge in [-0.1, -0.05) is 0 Å². The molecule has 0 saturated carbocycles. The second kappa shape index (κ2) is 1.70. The van der Waals surface area contributed by atoms with E-state index in [2.05, 4.69) is 0 Å². The third kappa shape index (κ3) is 0.972.